The van der Waals surface area contributed by atoms with Gasteiger partial charge in [-0.15, -0.1) is 0 Å². The Morgan fingerprint density at radius 1 is 1.12 bits per heavy atom. The first-order valence-electron chi connectivity index (χ1n) is 9.44. The van der Waals surface area contributed by atoms with E-state index in [2.05, 4.69) is 17.1 Å². The van der Waals surface area contributed by atoms with Gasteiger partial charge in [-0.1, -0.05) is 31.2 Å². The molecule has 3 rings (SSSR count). The van der Waals surface area contributed by atoms with Crippen LogP contribution >= 0.6 is 0 Å². The van der Waals surface area contributed by atoms with E-state index in [-0.39, 0.29) is 11.7 Å². The topological polar surface area (TPSA) is 32.3 Å². The molecule has 138 valence electrons. The Balaban J connectivity index is 1.46. The fourth-order valence-electron chi connectivity index (χ4n) is 3.52. The number of halogens is 1. The smallest absolute Gasteiger partial charge is 0.251 e. The third-order valence-corrected chi connectivity index (χ3v) is 4.98. The highest BCUT2D eigenvalue weighted by molar-refractivity contribution is 5.94. The van der Waals surface area contributed by atoms with Crippen molar-refractivity contribution in [2.24, 2.45) is 5.92 Å². The molecule has 4 heteroatoms. The van der Waals surface area contributed by atoms with E-state index in [0.717, 1.165) is 31.1 Å². The second kappa shape index (κ2) is 8.95. The highest BCUT2D eigenvalue weighted by Crippen LogP contribution is 2.18. The minimum Gasteiger partial charge on any atom is -0.352 e. The number of hydrogen-bond acceptors (Lipinski definition) is 2. The number of piperidine rings is 1. The van der Waals surface area contributed by atoms with Crippen molar-refractivity contribution >= 4 is 5.91 Å². The van der Waals surface area contributed by atoms with E-state index in [1.807, 2.05) is 24.3 Å². The minimum absolute atomic E-state index is 0.0646. The molecule has 0 spiro atoms. The summed E-state index contributed by atoms with van der Waals surface area (Å²) in [7, 11) is 0. The van der Waals surface area contributed by atoms with Crippen molar-refractivity contribution in [2.45, 2.75) is 32.7 Å². The van der Waals surface area contributed by atoms with Crippen LogP contribution in [0.1, 0.15) is 41.3 Å². The summed E-state index contributed by atoms with van der Waals surface area (Å²) in [6.07, 6.45) is 3.29. The Kier molecular flexibility index (Phi) is 6.40. The van der Waals surface area contributed by atoms with Crippen LogP contribution in [-0.2, 0) is 13.0 Å². The first-order chi connectivity index (χ1) is 12.6. The number of rotatable bonds is 6. The van der Waals surface area contributed by atoms with E-state index in [9.17, 15) is 9.18 Å². The van der Waals surface area contributed by atoms with Gasteiger partial charge in [0, 0.05) is 25.2 Å². The van der Waals surface area contributed by atoms with Gasteiger partial charge in [-0.3, -0.25) is 9.69 Å². The number of hydrogen-bond donors (Lipinski definition) is 1. The van der Waals surface area contributed by atoms with Gasteiger partial charge in [0.1, 0.15) is 5.82 Å². The Hall–Kier alpha value is -2.20. The summed E-state index contributed by atoms with van der Waals surface area (Å²) in [6.45, 7) is 6.13. The lowest BCUT2D eigenvalue weighted by atomic mass is 9.99. The molecule has 1 fully saturated rings. The first kappa shape index (κ1) is 18.6. The van der Waals surface area contributed by atoms with Crippen LogP contribution in [0.25, 0.3) is 0 Å². The van der Waals surface area contributed by atoms with Gasteiger partial charge in [0.15, 0.2) is 0 Å². The molecule has 1 aliphatic heterocycles. The number of carbonyl (C=O) groups is 1. The number of benzene rings is 2. The molecule has 0 aliphatic carbocycles. The zero-order chi connectivity index (χ0) is 18.4. The number of nitrogens with zero attached hydrogens (tertiary/aromatic N) is 1. The Morgan fingerprint density at radius 3 is 2.50 bits per heavy atom. The molecular formula is C22H27FN2O. The number of carbonyl (C=O) groups excluding carboxylic acids is 1. The molecule has 0 saturated carbocycles. The maximum atomic E-state index is 12.9. The predicted molar refractivity (Wildman–Crippen MR) is 103 cm³/mol. The molecule has 1 heterocycles. The lowest BCUT2D eigenvalue weighted by Gasteiger charge is -2.30. The van der Waals surface area contributed by atoms with E-state index in [0.29, 0.717) is 18.5 Å². The average Bonchev–Trinajstić information content (AvgIpc) is 2.64. The van der Waals surface area contributed by atoms with Crippen molar-refractivity contribution in [2.75, 3.05) is 19.6 Å². The summed E-state index contributed by atoms with van der Waals surface area (Å²) in [5.74, 6) is 0.469. The van der Waals surface area contributed by atoms with Crippen LogP contribution in [-0.4, -0.2) is 30.4 Å². The van der Waals surface area contributed by atoms with Gasteiger partial charge >= 0.3 is 0 Å². The van der Waals surface area contributed by atoms with Crippen molar-refractivity contribution in [3.63, 3.8) is 0 Å². The molecular weight excluding hydrogens is 327 g/mol. The average molecular weight is 354 g/mol. The standard InChI is InChI=1S/C22H27FN2O/c1-17-3-2-14-25(15-17)16-19-4-8-20(9-5-19)22(26)24-13-12-18-6-10-21(23)11-7-18/h4-11,17H,2-3,12-16H2,1H3,(H,24,26)/t17-/m0/s1. The van der Waals surface area contributed by atoms with Crippen LogP contribution in [0.4, 0.5) is 4.39 Å². The van der Waals surface area contributed by atoms with E-state index in [1.165, 1.54) is 30.5 Å². The molecule has 1 N–H and O–H groups in total. The van der Waals surface area contributed by atoms with Gasteiger partial charge in [0.2, 0.25) is 0 Å². The lowest BCUT2D eigenvalue weighted by Crippen LogP contribution is -2.33. The Morgan fingerprint density at radius 2 is 1.81 bits per heavy atom. The molecule has 1 saturated heterocycles. The molecule has 0 bridgehead atoms. The summed E-state index contributed by atoms with van der Waals surface area (Å²) in [6, 6.07) is 14.3. The summed E-state index contributed by atoms with van der Waals surface area (Å²) in [5.41, 5.74) is 2.94. The summed E-state index contributed by atoms with van der Waals surface area (Å²) < 4.78 is 12.9. The Bertz CT molecular complexity index is 712. The normalized spacial score (nSPS) is 17.8. The molecule has 2 aromatic carbocycles. The highest BCUT2D eigenvalue weighted by Gasteiger charge is 2.16. The van der Waals surface area contributed by atoms with Gasteiger partial charge in [0.05, 0.1) is 0 Å². The van der Waals surface area contributed by atoms with Crippen LogP contribution in [0, 0.1) is 11.7 Å². The predicted octanol–water partition coefficient (Wildman–Crippen LogP) is 4.03. The van der Waals surface area contributed by atoms with E-state index in [4.69, 9.17) is 0 Å². The summed E-state index contributed by atoms with van der Waals surface area (Å²) in [5, 5.41) is 2.93. The summed E-state index contributed by atoms with van der Waals surface area (Å²) in [4.78, 5) is 14.7. The van der Waals surface area contributed by atoms with Crippen molar-refractivity contribution in [1.29, 1.82) is 0 Å². The van der Waals surface area contributed by atoms with Crippen molar-refractivity contribution < 1.29 is 9.18 Å². The van der Waals surface area contributed by atoms with Crippen LogP contribution < -0.4 is 5.32 Å². The van der Waals surface area contributed by atoms with Gasteiger partial charge in [-0.2, -0.15) is 0 Å². The molecule has 0 unspecified atom stereocenters. The molecule has 1 atom stereocenters. The second-order valence-electron chi connectivity index (χ2n) is 7.31. The maximum absolute atomic E-state index is 12.9. The zero-order valence-electron chi connectivity index (χ0n) is 15.4. The fraction of sp³-hybridized carbons (Fsp3) is 0.409. The van der Waals surface area contributed by atoms with Crippen LogP contribution in [0.5, 0.6) is 0 Å². The van der Waals surface area contributed by atoms with Crippen LogP contribution in [0.2, 0.25) is 0 Å². The SMILES string of the molecule is C[C@H]1CCCN(Cc2ccc(C(=O)NCCc3ccc(F)cc3)cc2)C1. The quantitative estimate of drug-likeness (QED) is 0.849. The number of likely N-dealkylation sites (tertiary alicyclic amines) is 1. The molecule has 0 radical (unpaired) electrons. The first-order valence-corrected chi connectivity index (χ1v) is 9.44. The second-order valence-corrected chi connectivity index (χ2v) is 7.31. The molecule has 1 amide bonds. The monoisotopic (exact) mass is 354 g/mol. The molecule has 2 aromatic rings. The van der Waals surface area contributed by atoms with Crippen LogP contribution in [0.3, 0.4) is 0 Å². The molecule has 26 heavy (non-hydrogen) atoms. The molecule has 3 nitrogen and oxygen atoms in total. The largest absolute Gasteiger partial charge is 0.352 e. The van der Waals surface area contributed by atoms with Gasteiger partial charge < -0.3 is 5.32 Å². The lowest BCUT2D eigenvalue weighted by molar-refractivity contribution is 0.0954. The van der Waals surface area contributed by atoms with E-state index < -0.39 is 0 Å². The zero-order valence-corrected chi connectivity index (χ0v) is 15.4. The Labute approximate surface area is 155 Å². The van der Waals surface area contributed by atoms with Gasteiger partial charge in [-0.05, 0) is 67.1 Å². The van der Waals surface area contributed by atoms with Crippen molar-refractivity contribution in [1.82, 2.24) is 10.2 Å². The van der Waals surface area contributed by atoms with E-state index in [1.54, 1.807) is 12.1 Å². The summed E-state index contributed by atoms with van der Waals surface area (Å²) >= 11 is 0. The third-order valence-electron chi connectivity index (χ3n) is 4.98. The van der Waals surface area contributed by atoms with Crippen molar-refractivity contribution in [3.8, 4) is 0 Å². The van der Waals surface area contributed by atoms with Crippen LogP contribution in [0.15, 0.2) is 48.5 Å². The number of nitrogens with one attached hydrogen (secondary N) is 1. The van der Waals surface area contributed by atoms with Gasteiger partial charge in [0.25, 0.3) is 5.91 Å². The van der Waals surface area contributed by atoms with Crippen molar-refractivity contribution in [3.05, 3.63) is 71.0 Å². The highest BCUT2D eigenvalue weighted by atomic mass is 19.1. The fourth-order valence-corrected chi connectivity index (χ4v) is 3.52. The molecule has 1 aliphatic rings. The van der Waals surface area contributed by atoms with E-state index >= 15 is 0 Å². The number of amides is 1. The minimum atomic E-state index is -0.239. The third kappa shape index (κ3) is 5.40. The van der Waals surface area contributed by atoms with Gasteiger partial charge in [-0.25, -0.2) is 4.39 Å². The maximum Gasteiger partial charge on any atom is 0.251 e. The molecule has 0 aromatic heterocycles.